The Morgan fingerprint density at radius 3 is 2.34 bits per heavy atom. The summed E-state index contributed by atoms with van der Waals surface area (Å²) in [4.78, 5) is 12.6. The van der Waals surface area contributed by atoms with Gasteiger partial charge in [-0.15, -0.1) is 0 Å². The summed E-state index contributed by atoms with van der Waals surface area (Å²) in [7, 11) is -2.29. The molecule has 1 amide bonds. The van der Waals surface area contributed by atoms with Crippen molar-refractivity contribution >= 4 is 27.3 Å². The van der Waals surface area contributed by atoms with Crippen molar-refractivity contribution in [3.63, 3.8) is 0 Å². The summed E-state index contributed by atoms with van der Waals surface area (Å²) in [6, 6.07) is 18.7. The second-order valence-electron chi connectivity index (χ2n) is 7.12. The number of aryl methyl sites for hydroxylation is 1. The fourth-order valence-electron chi connectivity index (χ4n) is 3.14. The number of amides is 1. The topological polar surface area (TPSA) is 93.7 Å². The third-order valence-corrected chi connectivity index (χ3v) is 6.20. The molecule has 0 unspecified atom stereocenters. The molecule has 0 heterocycles. The van der Waals surface area contributed by atoms with Gasteiger partial charge in [0.05, 0.1) is 25.0 Å². The maximum Gasteiger partial charge on any atom is 0.262 e. The van der Waals surface area contributed by atoms with E-state index in [0.717, 1.165) is 5.56 Å². The van der Waals surface area contributed by atoms with Gasteiger partial charge in [-0.2, -0.15) is 0 Å². The Balaban J connectivity index is 1.74. The molecule has 3 aromatic carbocycles. The first-order valence-electron chi connectivity index (χ1n) is 10.1. The largest absolute Gasteiger partial charge is 0.497 e. The second-order valence-corrected chi connectivity index (χ2v) is 8.77. The molecule has 0 saturated heterocycles. The Labute approximate surface area is 188 Å². The van der Waals surface area contributed by atoms with E-state index >= 15 is 0 Å². The van der Waals surface area contributed by atoms with Gasteiger partial charge >= 0.3 is 0 Å². The van der Waals surface area contributed by atoms with E-state index in [4.69, 9.17) is 9.47 Å². The van der Waals surface area contributed by atoms with Gasteiger partial charge < -0.3 is 14.8 Å². The molecule has 8 heteroatoms. The highest BCUT2D eigenvalue weighted by atomic mass is 32.2. The number of carbonyl (C=O) groups excluding carboxylic acids is 1. The Morgan fingerprint density at radius 2 is 1.66 bits per heavy atom. The van der Waals surface area contributed by atoms with E-state index in [2.05, 4.69) is 10.0 Å². The molecule has 7 nitrogen and oxygen atoms in total. The van der Waals surface area contributed by atoms with Crippen LogP contribution in [-0.2, 0) is 21.2 Å². The van der Waals surface area contributed by atoms with E-state index in [1.807, 2.05) is 19.1 Å². The summed E-state index contributed by atoms with van der Waals surface area (Å²) in [6.07, 6.45) is 0.136. The Bertz CT molecular complexity index is 1190. The van der Waals surface area contributed by atoms with Crippen LogP contribution < -0.4 is 19.5 Å². The smallest absolute Gasteiger partial charge is 0.262 e. The number of anilines is 2. The number of rotatable bonds is 9. The zero-order chi connectivity index (χ0) is 23.1. The predicted octanol–water partition coefficient (Wildman–Crippen LogP) is 4.38. The van der Waals surface area contributed by atoms with Crippen LogP contribution in [0.5, 0.6) is 11.5 Å². The molecule has 0 bridgehead atoms. The van der Waals surface area contributed by atoms with Crippen molar-refractivity contribution in [2.24, 2.45) is 0 Å². The van der Waals surface area contributed by atoms with Gasteiger partial charge in [0.1, 0.15) is 11.5 Å². The van der Waals surface area contributed by atoms with Crippen LogP contribution in [0.15, 0.2) is 71.6 Å². The van der Waals surface area contributed by atoms with Crippen LogP contribution in [0.2, 0.25) is 0 Å². The number of carbonyl (C=O) groups is 1. The molecule has 2 N–H and O–H groups in total. The van der Waals surface area contributed by atoms with Crippen molar-refractivity contribution in [3.05, 3.63) is 77.9 Å². The minimum atomic E-state index is -3.85. The van der Waals surface area contributed by atoms with Crippen molar-refractivity contribution in [2.45, 2.75) is 25.2 Å². The van der Waals surface area contributed by atoms with Crippen molar-refractivity contribution in [3.8, 4) is 11.5 Å². The highest BCUT2D eigenvalue weighted by Crippen LogP contribution is 2.24. The zero-order valence-corrected chi connectivity index (χ0v) is 19.0. The molecule has 32 heavy (non-hydrogen) atoms. The minimum Gasteiger partial charge on any atom is -0.497 e. The van der Waals surface area contributed by atoms with E-state index < -0.39 is 10.0 Å². The molecular weight excluding hydrogens is 428 g/mol. The summed E-state index contributed by atoms with van der Waals surface area (Å²) in [5, 5.41) is 2.76. The van der Waals surface area contributed by atoms with E-state index in [-0.39, 0.29) is 17.2 Å². The molecule has 0 saturated carbocycles. The summed E-state index contributed by atoms with van der Waals surface area (Å²) < 4.78 is 39.0. The number of ether oxygens (including phenoxy) is 2. The average molecular weight is 455 g/mol. The van der Waals surface area contributed by atoms with Crippen molar-refractivity contribution in [1.82, 2.24) is 0 Å². The molecule has 0 aliphatic carbocycles. The number of nitrogens with one attached hydrogen (secondary N) is 2. The summed E-state index contributed by atoms with van der Waals surface area (Å²) in [5.74, 6) is 1.07. The van der Waals surface area contributed by atoms with Gasteiger partial charge in [0, 0.05) is 11.4 Å². The fourth-order valence-corrected chi connectivity index (χ4v) is 4.47. The maximum absolute atomic E-state index is 13.0. The van der Waals surface area contributed by atoms with Crippen LogP contribution in [0.1, 0.15) is 18.1 Å². The summed E-state index contributed by atoms with van der Waals surface area (Å²) in [5.41, 5.74) is 2.17. The molecule has 0 radical (unpaired) electrons. The fraction of sp³-hybridized carbons (Fsp3) is 0.208. The van der Waals surface area contributed by atoms with Crippen LogP contribution >= 0.6 is 0 Å². The lowest BCUT2D eigenvalue weighted by Crippen LogP contribution is -2.17. The van der Waals surface area contributed by atoms with Crippen molar-refractivity contribution in [1.29, 1.82) is 0 Å². The lowest BCUT2D eigenvalue weighted by Gasteiger charge is -2.13. The summed E-state index contributed by atoms with van der Waals surface area (Å²) >= 11 is 0. The van der Waals surface area contributed by atoms with E-state index in [9.17, 15) is 13.2 Å². The number of hydrogen-bond acceptors (Lipinski definition) is 5. The lowest BCUT2D eigenvalue weighted by atomic mass is 10.1. The Morgan fingerprint density at radius 1 is 0.938 bits per heavy atom. The summed E-state index contributed by atoms with van der Waals surface area (Å²) in [6.45, 7) is 4.11. The molecule has 3 rings (SSSR count). The van der Waals surface area contributed by atoms with Gasteiger partial charge in [-0.1, -0.05) is 18.2 Å². The first kappa shape index (κ1) is 23.1. The van der Waals surface area contributed by atoms with Crippen LogP contribution in [0, 0.1) is 6.92 Å². The number of benzene rings is 3. The van der Waals surface area contributed by atoms with Gasteiger partial charge in [0.25, 0.3) is 10.0 Å². The molecule has 3 aromatic rings. The number of sulfonamides is 1. The van der Waals surface area contributed by atoms with Crippen LogP contribution in [0.3, 0.4) is 0 Å². The monoisotopic (exact) mass is 454 g/mol. The SMILES string of the molecule is CCOc1ccc(NS(=O)(=O)c2cc(NC(=O)Cc3cccc(OC)c3)ccc2C)cc1. The molecular formula is C24H26N2O5S. The average Bonchev–Trinajstić information content (AvgIpc) is 2.76. The lowest BCUT2D eigenvalue weighted by molar-refractivity contribution is -0.115. The molecule has 0 spiro atoms. The molecule has 0 fully saturated rings. The van der Waals surface area contributed by atoms with E-state index in [0.29, 0.717) is 35.0 Å². The van der Waals surface area contributed by atoms with E-state index in [1.165, 1.54) is 6.07 Å². The van der Waals surface area contributed by atoms with Crippen LogP contribution in [0.25, 0.3) is 0 Å². The maximum atomic E-state index is 13.0. The molecule has 0 aromatic heterocycles. The number of hydrogen-bond donors (Lipinski definition) is 2. The second kappa shape index (κ2) is 10.2. The molecule has 168 valence electrons. The first-order valence-corrected chi connectivity index (χ1v) is 11.6. The molecule has 0 aliphatic heterocycles. The molecule has 0 atom stereocenters. The Kier molecular flexibility index (Phi) is 7.37. The van der Waals surface area contributed by atoms with Crippen molar-refractivity contribution in [2.75, 3.05) is 23.8 Å². The van der Waals surface area contributed by atoms with Gasteiger partial charge in [-0.05, 0) is 73.5 Å². The Hall–Kier alpha value is -3.52. The van der Waals surface area contributed by atoms with E-state index in [1.54, 1.807) is 62.6 Å². The van der Waals surface area contributed by atoms with Gasteiger partial charge in [-0.3, -0.25) is 9.52 Å². The van der Waals surface area contributed by atoms with Gasteiger partial charge in [0.15, 0.2) is 0 Å². The van der Waals surface area contributed by atoms with Gasteiger partial charge in [-0.25, -0.2) is 8.42 Å². The van der Waals surface area contributed by atoms with Gasteiger partial charge in [0.2, 0.25) is 5.91 Å². The molecule has 0 aliphatic rings. The standard InChI is InChI=1S/C24H26N2O5S/c1-4-31-21-12-10-19(11-13-21)26-32(28,29)23-16-20(9-8-17(23)2)25-24(27)15-18-6-5-7-22(14-18)30-3/h5-14,16,26H,4,15H2,1-3H3,(H,25,27). The highest BCUT2D eigenvalue weighted by Gasteiger charge is 2.18. The third kappa shape index (κ3) is 6.01. The van der Waals surface area contributed by atoms with Crippen molar-refractivity contribution < 1.29 is 22.7 Å². The zero-order valence-electron chi connectivity index (χ0n) is 18.2. The highest BCUT2D eigenvalue weighted by molar-refractivity contribution is 7.92. The normalized spacial score (nSPS) is 11.0. The minimum absolute atomic E-state index is 0.0885. The van der Waals surface area contributed by atoms with Crippen LogP contribution in [0.4, 0.5) is 11.4 Å². The number of methoxy groups -OCH3 is 1. The quantitative estimate of drug-likeness (QED) is 0.500. The van der Waals surface area contributed by atoms with Crippen LogP contribution in [-0.4, -0.2) is 28.0 Å². The third-order valence-electron chi connectivity index (χ3n) is 4.68. The predicted molar refractivity (Wildman–Crippen MR) is 125 cm³/mol. The first-order chi connectivity index (χ1) is 15.3.